The number of nitrogens with one attached hydrogen (secondary N) is 2. The van der Waals surface area contributed by atoms with Crippen molar-refractivity contribution in [3.63, 3.8) is 0 Å². The van der Waals surface area contributed by atoms with E-state index in [1.165, 1.54) is 18.1 Å². The molecule has 0 unspecified atom stereocenters. The van der Waals surface area contributed by atoms with E-state index in [0.29, 0.717) is 16.5 Å². The van der Waals surface area contributed by atoms with Crippen LogP contribution in [0.2, 0.25) is 0 Å². The second-order valence-corrected chi connectivity index (χ2v) is 5.12. The average Bonchev–Trinajstić information content (AvgIpc) is 3.02. The number of aromatic nitrogens is 4. The van der Waals surface area contributed by atoms with E-state index in [1.54, 1.807) is 18.3 Å². The third-order valence-corrected chi connectivity index (χ3v) is 3.65. The van der Waals surface area contributed by atoms with Gasteiger partial charge in [0.25, 0.3) is 5.91 Å². The van der Waals surface area contributed by atoms with E-state index in [0.717, 1.165) is 4.90 Å². The molecule has 0 spiro atoms. The number of pyridine rings is 1. The van der Waals surface area contributed by atoms with E-state index in [1.807, 2.05) is 30.3 Å². The SMILES string of the molecule is O=C(Nc1ncn[nH]1)c1cccnc1Sc1ccccc1. The maximum atomic E-state index is 12.3. The molecule has 1 aromatic carbocycles. The molecule has 7 heteroatoms. The number of carbonyl (C=O) groups excluding carboxylic acids is 1. The van der Waals surface area contributed by atoms with Gasteiger partial charge in [-0.1, -0.05) is 30.0 Å². The zero-order chi connectivity index (χ0) is 14.5. The second kappa shape index (κ2) is 6.19. The Morgan fingerprint density at radius 1 is 1.10 bits per heavy atom. The summed E-state index contributed by atoms with van der Waals surface area (Å²) in [4.78, 5) is 21.4. The standard InChI is InChI=1S/C14H11N5OS/c20-12(18-14-16-9-17-19-14)11-7-4-8-15-13(11)21-10-5-2-1-3-6-10/h1-9H,(H2,16,17,18,19,20). The zero-order valence-electron chi connectivity index (χ0n) is 10.9. The van der Waals surface area contributed by atoms with Crippen LogP contribution in [0.4, 0.5) is 5.95 Å². The fraction of sp³-hybridized carbons (Fsp3) is 0. The van der Waals surface area contributed by atoms with Gasteiger partial charge in [-0.05, 0) is 24.3 Å². The molecule has 21 heavy (non-hydrogen) atoms. The van der Waals surface area contributed by atoms with Crippen LogP contribution in [-0.2, 0) is 0 Å². The van der Waals surface area contributed by atoms with E-state index in [4.69, 9.17) is 0 Å². The molecular formula is C14H11N5OS. The molecule has 1 amide bonds. The summed E-state index contributed by atoms with van der Waals surface area (Å²) < 4.78 is 0. The Morgan fingerprint density at radius 2 is 1.95 bits per heavy atom. The molecule has 0 saturated carbocycles. The number of benzene rings is 1. The number of hydrogen-bond acceptors (Lipinski definition) is 5. The Balaban J connectivity index is 1.84. The monoisotopic (exact) mass is 297 g/mol. The molecule has 2 heterocycles. The lowest BCUT2D eigenvalue weighted by Crippen LogP contribution is -2.14. The minimum absolute atomic E-state index is 0.279. The maximum absolute atomic E-state index is 12.3. The van der Waals surface area contributed by atoms with Gasteiger partial charge in [-0.15, -0.1) is 0 Å². The molecule has 0 fully saturated rings. The highest BCUT2D eigenvalue weighted by Crippen LogP contribution is 2.28. The predicted octanol–water partition coefficient (Wildman–Crippen LogP) is 2.60. The first kappa shape index (κ1) is 13.3. The van der Waals surface area contributed by atoms with Crippen LogP contribution in [0.5, 0.6) is 0 Å². The molecule has 0 atom stereocenters. The Morgan fingerprint density at radius 3 is 2.71 bits per heavy atom. The fourth-order valence-electron chi connectivity index (χ4n) is 1.69. The lowest BCUT2D eigenvalue weighted by molar-refractivity contribution is 0.102. The Bertz CT molecular complexity index is 730. The quantitative estimate of drug-likeness (QED) is 0.773. The van der Waals surface area contributed by atoms with E-state index < -0.39 is 0 Å². The van der Waals surface area contributed by atoms with Crippen LogP contribution in [0, 0.1) is 0 Å². The van der Waals surface area contributed by atoms with Gasteiger partial charge in [-0.2, -0.15) is 10.1 Å². The van der Waals surface area contributed by atoms with Crippen LogP contribution in [0.3, 0.4) is 0 Å². The maximum Gasteiger partial charge on any atom is 0.260 e. The summed E-state index contributed by atoms with van der Waals surface area (Å²) in [5.41, 5.74) is 0.489. The molecule has 0 saturated heterocycles. The first-order valence-corrected chi connectivity index (χ1v) is 6.99. The molecule has 6 nitrogen and oxygen atoms in total. The van der Waals surface area contributed by atoms with Crippen LogP contribution in [-0.4, -0.2) is 26.1 Å². The summed E-state index contributed by atoms with van der Waals surface area (Å²) in [7, 11) is 0. The summed E-state index contributed by atoms with van der Waals surface area (Å²) in [6.45, 7) is 0. The molecule has 104 valence electrons. The molecule has 0 radical (unpaired) electrons. The van der Waals surface area contributed by atoms with Crippen molar-refractivity contribution in [2.24, 2.45) is 0 Å². The molecule has 3 aromatic rings. The van der Waals surface area contributed by atoms with E-state index in [9.17, 15) is 4.79 Å². The van der Waals surface area contributed by atoms with Gasteiger partial charge in [0.05, 0.1) is 5.56 Å². The molecule has 0 aliphatic rings. The minimum Gasteiger partial charge on any atom is -0.291 e. The highest BCUT2D eigenvalue weighted by atomic mass is 32.2. The fourth-order valence-corrected chi connectivity index (χ4v) is 2.59. The molecule has 0 aliphatic heterocycles. The number of nitrogens with zero attached hydrogens (tertiary/aromatic N) is 3. The third-order valence-electron chi connectivity index (χ3n) is 2.62. The van der Waals surface area contributed by atoms with Gasteiger partial charge in [0, 0.05) is 11.1 Å². The molecule has 3 rings (SSSR count). The van der Waals surface area contributed by atoms with E-state index in [2.05, 4.69) is 25.5 Å². The number of carbonyl (C=O) groups is 1. The minimum atomic E-state index is -0.279. The van der Waals surface area contributed by atoms with Crippen molar-refractivity contribution in [3.05, 3.63) is 60.6 Å². The van der Waals surface area contributed by atoms with Gasteiger partial charge >= 0.3 is 0 Å². The topological polar surface area (TPSA) is 83.6 Å². The largest absolute Gasteiger partial charge is 0.291 e. The molecule has 0 bridgehead atoms. The number of hydrogen-bond donors (Lipinski definition) is 2. The van der Waals surface area contributed by atoms with Gasteiger partial charge in [-0.25, -0.2) is 10.1 Å². The molecule has 2 aromatic heterocycles. The summed E-state index contributed by atoms with van der Waals surface area (Å²) >= 11 is 1.44. The Kier molecular flexibility index (Phi) is 3.92. The van der Waals surface area contributed by atoms with Crippen LogP contribution < -0.4 is 5.32 Å². The van der Waals surface area contributed by atoms with Crippen LogP contribution in [0.25, 0.3) is 0 Å². The number of amides is 1. The summed E-state index contributed by atoms with van der Waals surface area (Å²) in [6, 6.07) is 13.2. The number of aromatic amines is 1. The van der Waals surface area contributed by atoms with Crippen LogP contribution in [0.1, 0.15) is 10.4 Å². The number of rotatable bonds is 4. The number of anilines is 1. The first-order valence-electron chi connectivity index (χ1n) is 6.17. The zero-order valence-corrected chi connectivity index (χ0v) is 11.7. The van der Waals surface area contributed by atoms with Crippen molar-refractivity contribution in [2.45, 2.75) is 9.92 Å². The lowest BCUT2D eigenvalue weighted by Gasteiger charge is -2.07. The van der Waals surface area contributed by atoms with Crippen molar-refractivity contribution in [1.82, 2.24) is 20.2 Å². The molecule has 0 aliphatic carbocycles. The van der Waals surface area contributed by atoms with Crippen LogP contribution >= 0.6 is 11.8 Å². The lowest BCUT2D eigenvalue weighted by atomic mass is 10.3. The second-order valence-electron chi connectivity index (χ2n) is 4.06. The van der Waals surface area contributed by atoms with Gasteiger partial charge in [-0.3, -0.25) is 10.1 Å². The number of H-pyrrole nitrogens is 1. The molecular weight excluding hydrogens is 286 g/mol. The average molecular weight is 297 g/mol. The summed E-state index contributed by atoms with van der Waals surface area (Å²) in [5, 5.41) is 9.56. The third kappa shape index (κ3) is 3.26. The van der Waals surface area contributed by atoms with Crippen molar-refractivity contribution < 1.29 is 4.79 Å². The molecule has 2 N–H and O–H groups in total. The summed E-state index contributed by atoms with van der Waals surface area (Å²) in [6.07, 6.45) is 3.00. The van der Waals surface area contributed by atoms with Crippen LogP contribution in [0.15, 0.2) is 64.9 Å². The highest BCUT2D eigenvalue weighted by Gasteiger charge is 2.14. The van der Waals surface area contributed by atoms with Gasteiger partial charge in [0.15, 0.2) is 0 Å². The van der Waals surface area contributed by atoms with E-state index in [-0.39, 0.29) is 5.91 Å². The predicted molar refractivity (Wildman–Crippen MR) is 79.1 cm³/mol. The normalized spacial score (nSPS) is 10.3. The Labute approximate surface area is 125 Å². The summed E-state index contributed by atoms with van der Waals surface area (Å²) in [5.74, 6) is 0.0257. The first-order chi connectivity index (χ1) is 10.3. The van der Waals surface area contributed by atoms with Gasteiger partial charge in [0.1, 0.15) is 11.4 Å². The van der Waals surface area contributed by atoms with Crippen molar-refractivity contribution in [1.29, 1.82) is 0 Å². The van der Waals surface area contributed by atoms with Gasteiger partial charge in [0.2, 0.25) is 5.95 Å². The van der Waals surface area contributed by atoms with Gasteiger partial charge < -0.3 is 0 Å². The highest BCUT2D eigenvalue weighted by molar-refractivity contribution is 7.99. The smallest absolute Gasteiger partial charge is 0.260 e. The Hall–Kier alpha value is -2.67. The van der Waals surface area contributed by atoms with Crippen molar-refractivity contribution in [2.75, 3.05) is 5.32 Å². The van der Waals surface area contributed by atoms with Crippen molar-refractivity contribution in [3.8, 4) is 0 Å². The van der Waals surface area contributed by atoms with E-state index >= 15 is 0 Å². The van der Waals surface area contributed by atoms with Crippen molar-refractivity contribution >= 4 is 23.6 Å².